The fourth-order valence-corrected chi connectivity index (χ4v) is 1.90. The van der Waals surface area contributed by atoms with E-state index in [0.29, 0.717) is 17.0 Å². The van der Waals surface area contributed by atoms with Crippen LogP contribution in [0.25, 0.3) is 0 Å². The second-order valence-corrected chi connectivity index (χ2v) is 4.63. The van der Waals surface area contributed by atoms with Gasteiger partial charge in [0.25, 0.3) is 0 Å². The molecule has 0 fully saturated rings. The van der Waals surface area contributed by atoms with Gasteiger partial charge in [0, 0.05) is 17.3 Å². The number of nitrogens with one attached hydrogen (secondary N) is 1. The molecule has 0 unspecified atom stereocenters. The highest BCUT2D eigenvalue weighted by molar-refractivity contribution is 6.09. The zero-order chi connectivity index (χ0) is 16.7. The Hall–Kier alpha value is -3.08. The Morgan fingerprint density at radius 1 is 0.957 bits per heavy atom. The molecule has 0 aliphatic rings. The average molecular weight is 311 g/mol. The number of carbonyl (C=O) groups is 2. The molecule has 0 saturated carbocycles. The number of ether oxygens (including phenoxy) is 2. The van der Waals surface area contributed by atoms with Gasteiger partial charge in [0.05, 0.1) is 14.2 Å². The lowest BCUT2D eigenvalue weighted by molar-refractivity contribution is -0.135. The molecule has 0 saturated heterocycles. The number of rotatable bonds is 6. The lowest BCUT2D eigenvalue weighted by Crippen LogP contribution is -2.15. The van der Waals surface area contributed by atoms with Crippen LogP contribution < -0.4 is 10.1 Å². The number of methoxy groups -OCH3 is 2. The van der Waals surface area contributed by atoms with E-state index in [2.05, 4.69) is 5.32 Å². The van der Waals surface area contributed by atoms with Crippen LogP contribution in [-0.4, -0.2) is 26.0 Å². The Morgan fingerprint density at radius 2 is 1.61 bits per heavy atom. The van der Waals surface area contributed by atoms with E-state index < -0.39 is 5.97 Å². The molecule has 2 aromatic rings. The topological polar surface area (TPSA) is 64.6 Å². The van der Waals surface area contributed by atoms with Crippen molar-refractivity contribution in [2.45, 2.75) is 0 Å². The van der Waals surface area contributed by atoms with Crippen molar-refractivity contribution in [3.8, 4) is 5.75 Å². The summed E-state index contributed by atoms with van der Waals surface area (Å²) in [5.74, 6) is -0.270. The number of allylic oxidation sites excluding steroid dienone is 1. The van der Waals surface area contributed by atoms with Crippen LogP contribution in [0.2, 0.25) is 0 Å². The van der Waals surface area contributed by atoms with Crippen molar-refractivity contribution in [3.63, 3.8) is 0 Å². The molecule has 23 heavy (non-hydrogen) atoms. The van der Waals surface area contributed by atoms with Gasteiger partial charge in [-0.1, -0.05) is 18.2 Å². The SMILES string of the molecule is COC(=O)C(=CC(=O)c1ccc(OC)cc1)Nc1ccccc1. The van der Waals surface area contributed by atoms with E-state index in [1.807, 2.05) is 18.2 Å². The van der Waals surface area contributed by atoms with Crippen molar-refractivity contribution >= 4 is 17.4 Å². The molecule has 0 atom stereocenters. The first-order valence-electron chi connectivity index (χ1n) is 6.94. The first-order valence-corrected chi connectivity index (χ1v) is 6.94. The average Bonchev–Trinajstić information content (AvgIpc) is 2.61. The monoisotopic (exact) mass is 311 g/mol. The van der Waals surface area contributed by atoms with Crippen LogP contribution in [0.4, 0.5) is 5.69 Å². The second kappa shape index (κ2) is 7.79. The van der Waals surface area contributed by atoms with Gasteiger partial charge in [-0.3, -0.25) is 4.79 Å². The van der Waals surface area contributed by atoms with Crippen molar-refractivity contribution in [1.82, 2.24) is 0 Å². The predicted octanol–water partition coefficient (Wildman–Crippen LogP) is 3.05. The standard InChI is InChI=1S/C18H17NO4/c1-22-15-10-8-13(9-11-15)17(20)12-16(18(21)23-2)19-14-6-4-3-5-7-14/h3-12,19H,1-2H3. The lowest BCUT2D eigenvalue weighted by atomic mass is 10.1. The Kier molecular flexibility index (Phi) is 5.52. The molecular weight excluding hydrogens is 294 g/mol. The predicted molar refractivity (Wildman–Crippen MR) is 87.5 cm³/mol. The number of hydrogen-bond acceptors (Lipinski definition) is 5. The van der Waals surface area contributed by atoms with Crippen molar-refractivity contribution in [2.24, 2.45) is 0 Å². The molecule has 0 aliphatic heterocycles. The van der Waals surface area contributed by atoms with Crippen molar-refractivity contribution in [3.05, 3.63) is 71.9 Å². The van der Waals surface area contributed by atoms with E-state index in [1.165, 1.54) is 13.2 Å². The number of esters is 1. The van der Waals surface area contributed by atoms with Crippen LogP contribution in [0.3, 0.4) is 0 Å². The Labute approximate surface area is 134 Å². The van der Waals surface area contributed by atoms with Crippen LogP contribution in [0.5, 0.6) is 5.75 Å². The molecule has 0 aromatic heterocycles. The summed E-state index contributed by atoms with van der Waals surface area (Å²) in [6, 6.07) is 15.7. The Morgan fingerprint density at radius 3 is 2.17 bits per heavy atom. The summed E-state index contributed by atoms with van der Waals surface area (Å²) < 4.78 is 9.77. The summed E-state index contributed by atoms with van der Waals surface area (Å²) in [6.45, 7) is 0. The highest BCUT2D eigenvalue weighted by Crippen LogP contribution is 2.14. The summed E-state index contributed by atoms with van der Waals surface area (Å²) in [5, 5.41) is 2.89. The van der Waals surface area contributed by atoms with Crippen LogP contribution in [0.15, 0.2) is 66.4 Å². The van der Waals surface area contributed by atoms with Gasteiger partial charge in [0.1, 0.15) is 11.4 Å². The third kappa shape index (κ3) is 4.44. The molecular formula is C18H17NO4. The van der Waals surface area contributed by atoms with Crippen molar-refractivity contribution < 1.29 is 19.1 Å². The third-order valence-corrected chi connectivity index (χ3v) is 3.11. The molecule has 2 aromatic carbocycles. The van der Waals surface area contributed by atoms with Gasteiger partial charge in [-0.05, 0) is 36.4 Å². The number of ketones is 1. The van der Waals surface area contributed by atoms with Crippen LogP contribution in [0, 0.1) is 0 Å². The van der Waals surface area contributed by atoms with Crippen molar-refractivity contribution in [1.29, 1.82) is 0 Å². The minimum Gasteiger partial charge on any atom is -0.497 e. The minimum absolute atomic E-state index is 0.0690. The zero-order valence-corrected chi connectivity index (χ0v) is 12.9. The summed E-state index contributed by atoms with van der Waals surface area (Å²) in [4.78, 5) is 24.2. The molecule has 0 aliphatic carbocycles. The van der Waals surface area contributed by atoms with Gasteiger partial charge in [0.15, 0.2) is 5.78 Å². The largest absolute Gasteiger partial charge is 0.497 e. The molecule has 0 amide bonds. The summed E-state index contributed by atoms with van der Waals surface area (Å²) >= 11 is 0. The van der Waals surface area contributed by atoms with E-state index in [4.69, 9.17) is 9.47 Å². The summed E-state index contributed by atoms with van der Waals surface area (Å²) in [7, 11) is 2.82. The van der Waals surface area contributed by atoms with Gasteiger partial charge in [-0.25, -0.2) is 4.79 Å². The quantitative estimate of drug-likeness (QED) is 0.504. The number of benzene rings is 2. The normalized spacial score (nSPS) is 10.8. The smallest absolute Gasteiger partial charge is 0.354 e. The van der Waals surface area contributed by atoms with E-state index in [9.17, 15) is 9.59 Å². The summed E-state index contributed by atoms with van der Waals surface area (Å²) in [6.07, 6.45) is 1.22. The number of carbonyl (C=O) groups excluding carboxylic acids is 2. The minimum atomic E-state index is -0.615. The Balaban J connectivity index is 2.24. The fourth-order valence-electron chi connectivity index (χ4n) is 1.90. The highest BCUT2D eigenvalue weighted by Gasteiger charge is 2.13. The molecule has 0 spiro atoms. The second-order valence-electron chi connectivity index (χ2n) is 4.63. The maximum absolute atomic E-state index is 12.3. The van der Waals surface area contributed by atoms with E-state index in [-0.39, 0.29) is 11.5 Å². The third-order valence-electron chi connectivity index (χ3n) is 3.11. The van der Waals surface area contributed by atoms with Crippen LogP contribution in [0.1, 0.15) is 10.4 Å². The Bertz CT molecular complexity index is 706. The molecule has 118 valence electrons. The first kappa shape index (κ1) is 16.3. The first-order chi connectivity index (χ1) is 11.1. The maximum atomic E-state index is 12.3. The van der Waals surface area contributed by atoms with Gasteiger partial charge in [-0.2, -0.15) is 0 Å². The van der Waals surface area contributed by atoms with Gasteiger partial charge in [-0.15, -0.1) is 0 Å². The van der Waals surface area contributed by atoms with E-state index >= 15 is 0 Å². The van der Waals surface area contributed by atoms with Gasteiger partial charge >= 0.3 is 5.97 Å². The molecule has 0 heterocycles. The van der Waals surface area contributed by atoms with Crippen molar-refractivity contribution in [2.75, 3.05) is 19.5 Å². The molecule has 5 heteroatoms. The number of hydrogen-bond donors (Lipinski definition) is 1. The summed E-state index contributed by atoms with van der Waals surface area (Å²) in [5.41, 5.74) is 1.20. The molecule has 5 nitrogen and oxygen atoms in total. The molecule has 0 bridgehead atoms. The molecule has 1 N–H and O–H groups in total. The number of para-hydroxylation sites is 1. The zero-order valence-electron chi connectivity index (χ0n) is 12.9. The highest BCUT2D eigenvalue weighted by atomic mass is 16.5. The lowest BCUT2D eigenvalue weighted by Gasteiger charge is -2.09. The van der Waals surface area contributed by atoms with Gasteiger partial charge < -0.3 is 14.8 Å². The fraction of sp³-hybridized carbons (Fsp3) is 0.111. The van der Waals surface area contributed by atoms with Gasteiger partial charge in [0.2, 0.25) is 0 Å². The molecule has 2 rings (SSSR count). The van der Waals surface area contributed by atoms with Crippen LogP contribution >= 0.6 is 0 Å². The van der Waals surface area contributed by atoms with Crippen LogP contribution in [-0.2, 0) is 9.53 Å². The molecule has 0 radical (unpaired) electrons. The maximum Gasteiger partial charge on any atom is 0.354 e. The van der Waals surface area contributed by atoms with E-state index in [1.54, 1.807) is 43.5 Å². The van der Waals surface area contributed by atoms with E-state index in [0.717, 1.165) is 0 Å². The number of anilines is 1.